The maximum atomic E-state index is 13.5. The highest BCUT2D eigenvalue weighted by Gasteiger charge is 2.23. The molecule has 160 valence electrons. The van der Waals surface area contributed by atoms with Gasteiger partial charge in [-0.3, -0.25) is 4.79 Å². The molecule has 1 aromatic heterocycles. The maximum Gasteiger partial charge on any atom is 0.344 e. The number of carbonyl (C=O) groups excluding carboxylic acids is 2. The molecule has 4 nitrogen and oxygen atoms in total. The molecule has 0 N–H and O–H groups in total. The van der Waals surface area contributed by atoms with Crippen LogP contribution in [0.2, 0.25) is 5.02 Å². The Labute approximate surface area is 191 Å². The quantitative estimate of drug-likeness (QED) is 0.195. The van der Waals surface area contributed by atoms with E-state index >= 15 is 0 Å². The predicted molar refractivity (Wildman–Crippen MR) is 128 cm³/mol. The Morgan fingerprint density at radius 3 is 2.31 bits per heavy atom. The molecule has 0 unspecified atom stereocenters. The molecular weight excluding hydrogens is 422 g/mol. The summed E-state index contributed by atoms with van der Waals surface area (Å²) in [7, 11) is 0. The molecule has 0 saturated carbocycles. The summed E-state index contributed by atoms with van der Waals surface area (Å²) in [5.74, 6) is -0.450. The fourth-order valence-electron chi connectivity index (χ4n) is 3.96. The molecule has 1 heterocycles. The number of para-hydroxylation sites is 1. The van der Waals surface area contributed by atoms with Gasteiger partial charge in [0, 0.05) is 16.0 Å². The number of rotatable bonds is 4. The second-order valence-electron chi connectivity index (χ2n) is 7.89. The van der Waals surface area contributed by atoms with Crippen molar-refractivity contribution < 1.29 is 14.3 Å². The molecular formula is C27H22ClNO3. The number of Topliss-reactive ketones (excluding diaryl/α,β-unsaturated/α-hetero) is 1. The van der Waals surface area contributed by atoms with Crippen LogP contribution >= 0.6 is 11.6 Å². The fraction of sp³-hybridized carbons (Fsp3) is 0.148. The number of hydrogen-bond donors (Lipinski definition) is 0. The van der Waals surface area contributed by atoms with Crippen molar-refractivity contribution in [2.75, 3.05) is 0 Å². The number of fused-ring (bicyclic) bond motifs is 1. The molecule has 0 aliphatic rings. The predicted octanol–water partition coefficient (Wildman–Crippen LogP) is 6.90. The minimum absolute atomic E-state index is 0.168. The number of esters is 1. The number of aromatic nitrogens is 1. The molecule has 0 aliphatic carbocycles. The van der Waals surface area contributed by atoms with Crippen molar-refractivity contribution in [2.45, 2.75) is 27.7 Å². The van der Waals surface area contributed by atoms with Crippen molar-refractivity contribution in [1.29, 1.82) is 0 Å². The lowest BCUT2D eigenvalue weighted by Crippen LogP contribution is -2.14. The third-order valence-corrected chi connectivity index (χ3v) is 5.71. The highest BCUT2D eigenvalue weighted by Crippen LogP contribution is 2.33. The first-order valence-corrected chi connectivity index (χ1v) is 10.6. The van der Waals surface area contributed by atoms with Crippen molar-refractivity contribution >= 4 is 34.3 Å². The zero-order chi connectivity index (χ0) is 23.0. The average molecular weight is 444 g/mol. The summed E-state index contributed by atoms with van der Waals surface area (Å²) in [4.78, 5) is 30.4. The lowest BCUT2D eigenvalue weighted by molar-refractivity contribution is 0.0734. The van der Waals surface area contributed by atoms with Gasteiger partial charge in [-0.05, 0) is 69.2 Å². The summed E-state index contributed by atoms with van der Waals surface area (Å²) in [6.07, 6.45) is 0. The molecule has 32 heavy (non-hydrogen) atoms. The van der Waals surface area contributed by atoms with Crippen molar-refractivity contribution in [3.8, 4) is 17.0 Å². The van der Waals surface area contributed by atoms with Gasteiger partial charge in [0.2, 0.25) is 0 Å². The Kier molecular flexibility index (Phi) is 5.81. The minimum Gasteiger partial charge on any atom is -0.422 e. The van der Waals surface area contributed by atoms with E-state index in [0.29, 0.717) is 27.4 Å². The first-order chi connectivity index (χ1) is 15.3. The van der Waals surface area contributed by atoms with E-state index in [1.165, 1.54) is 6.92 Å². The third-order valence-electron chi connectivity index (χ3n) is 5.46. The van der Waals surface area contributed by atoms with Crippen LogP contribution in [-0.2, 0) is 0 Å². The Morgan fingerprint density at radius 2 is 1.62 bits per heavy atom. The van der Waals surface area contributed by atoms with Crippen molar-refractivity contribution in [3.63, 3.8) is 0 Å². The van der Waals surface area contributed by atoms with E-state index in [1.807, 2.05) is 45.0 Å². The number of ketones is 1. The second kappa shape index (κ2) is 8.56. The summed E-state index contributed by atoms with van der Waals surface area (Å²) < 4.78 is 5.76. The molecule has 0 amide bonds. The van der Waals surface area contributed by atoms with Crippen molar-refractivity contribution in [1.82, 2.24) is 4.98 Å². The molecule has 0 bridgehead atoms. The number of ether oxygens (including phenoxy) is 1. The van der Waals surface area contributed by atoms with Crippen LogP contribution in [0.15, 0.2) is 60.7 Å². The normalized spacial score (nSPS) is 10.9. The van der Waals surface area contributed by atoms with Gasteiger partial charge in [0.05, 0.1) is 22.3 Å². The van der Waals surface area contributed by atoms with Gasteiger partial charge < -0.3 is 4.74 Å². The number of halogens is 1. The molecule has 4 aromatic rings. The highest BCUT2D eigenvalue weighted by molar-refractivity contribution is 6.30. The SMILES string of the molecule is CC(=O)c1ccccc1OC(=O)c1c(C)c(-c2ccc(Cl)cc2)nc2c(C)cc(C)cc12. The van der Waals surface area contributed by atoms with E-state index in [2.05, 4.69) is 0 Å². The number of hydrogen-bond acceptors (Lipinski definition) is 4. The van der Waals surface area contributed by atoms with Crippen molar-refractivity contribution in [3.05, 3.63) is 93.5 Å². The van der Waals surface area contributed by atoms with Gasteiger partial charge in [-0.2, -0.15) is 0 Å². The summed E-state index contributed by atoms with van der Waals surface area (Å²) in [5.41, 5.74) is 5.77. The van der Waals surface area contributed by atoms with E-state index in [-0.39, 0.29) is 11.5 Å². The van der Waals surface area contributed by atoms with Gasteiger partial charge in [-0.15, -0.1) is 0 Å². The Bertz CT molecular complexity index is 1370. The Hall–Kier alpha value is -3.50. The van der Waals surface area contributed by atoms with Crippen LogP contribution in [0.5, 0.6) is 5.75 Å². The van der Waals surface area contributed by atoms with Gasteiger partial charge in [-0.25, -0.2) is 9.78 Å². The van der Waals surface area contributed by atoms with Crippen LogP contribution in [0.1, 0.15) is 44.3 Å². The monoisotopic (exact) mass is 443 g/mol. The molecule has 0 fully saturated rings. The van der Waals surface area contributed by atoms with E-state index in [1.54, 1.807) is 36.4 Å². The smallest absolute Gasteiger partial charge is 0.344 e. The van der Waals surface area contributed by atoms with Crippen LogP contribution in [0, 0.1) is 20.8 Å². The summed E-state index contributed by atoms with van der Waals surface area (Å²) in [5, 5.41) is 1.35. The Balaban J connectivity index is 1.95. The molecule has 3 aromatic carbocycles. The number of nitrogens with zero attached hydrogens (tertiary/aromatic N) is 1. The van der Waals surface area contributed by atoms with Crippen LogP contribution < -0.4 is 4.74 Å². The number of pyridine rings is 1. The molecule has 4 rings (SSSR count). The lowest BCUT2D eigenvalue weighted by atomic mass is 9.95. The van der Waals surface area contributed by atoms with Crippen LogP contribution in [0.25, 0.3) is 22.2 Å². The van der Waals surface area contributed by atoms with E-state index < -0.39 is 5.97 Å². The first kappa shape index (κ1) is 21.7. The maximum absolute atomic E-state index is 13.5. The summed E-state index contributed by atoms with van der Waals surface area (Å²) in [6.45, 7) is 7.27. The van der Waals surface area contributed by atoms with Gasteiger partial charge in [0.1, 0.15) is 5.75 Å². The van der Waals surface area contributed by atoms with Crippen molar-refractivity contribution in [2.24, 2.45) is 0 Å². The standard InChI is InChI=1S/C27H22ClNO3/c1-15-13-16(2)25-22(14-15)24(17(3)26(29-25)19-9-11-20(28)12-10-19)27(31)32-23-8-6-5-7-21(23)18(4)30/h5-14H,1-4H3. The molecule has 0 radical (unpaired) electrons. The number of carbonyl (C=O) groups is 2. The zero-order valence-corrected chi connectivity index (χ0v) is 19.1. The lowest BCUT2D eigenvalue weighted by Gasteiger charge is -2.16. The van der Waals surface area contributed by atoms with E-state index in [0.717, 1.165) is 27.6 Å². The minimum atomic E-state index is -0.524. The topological polar surface area (TPSA) is 56.3 Å². The average Bonchev–Trinajstić information content (AvgIpc) is 2.74. The molecule has 5 heteroatoms. The molecule has 0 atom stereocenters. The van der Waals surface area contributed by atoms with Gasteiger partial charge in [0.15, 0.2) is 5.78 Å². The number of aryl methyl sites for hydroxylation is 2. The third kappa shape index (κ3) is 4.02. The highest BCUT2D eigenvalue weighted by atomic mass is 35.5. The largest absolute Gasteiger partial charge is 0.422 e. The molecule has 0 saturated heterocycles. The van der Waals surface area contributed by atoms with Crippen LogP contribution in [0.3, 0.4) is 0 Å². The summed E-state index contributed by atoms with van der Waals surface area (Å²) in [6, 6.07) is 18.1. The molecule has 0 spiro atoms. The van der Waals surface area contributed by atoms with Gasteiger partial charge >= 0.3 is 5.97 Å². The summed E-state index contributed by atoms with van der Waals surface area (Å²) >= 11 is 6.07. The Morgan fingerprint density at radius 1 is 0.938 bits per heavy atom. The second-order valence-corrected chi connectivity index (χ2v) is 8.32. The van der Waals surface area contributed by atoms with Crippen LogP contribution in [0.4, 0.5) is 0 Å². The van der Waals surface area contributed by atoms with Crippen LogP contribution in [-0.4, -0.2) is 16.7 Å². The van der Waals surface area contributed by atoms with Gasteiger partial charge in [-0.1, -0.05) is 47.5 Å². The zero-order valence-electron chi connectivity index (χ0n) is 18.3. The van der Waals surface area contributed by atoms with E-state index in [9.17, 15) is 9.59 Å². The molecule has 0 aliphatic heterocycles. The van der Waals surface area contributed by atoms with E-state index in [4.69, 9.17) is 21.3 Å². The number of benzene rings is 3. The fourth-order valence-corrected chi connectivity index (χ4v) is 4.09. The van der Waals surface area contributed by atoms with Gasteiger partial charge in [0.25, 0.3) is 0 Å². The first-order valence-electron chi connectivity index (χ1n) is 10.3.